The first-order chi connectivity index (χ1) is 16.9. The zero-order valence-corrected chi connectivity index (χ0v) is 20.4. The van der Waals surface area contributed by atoms with Crippen LogP contribution in [0, 0.1) is 18.6 Å². The number of aryl methyl sites for hydroxylation is 1. The summed E-state index contributed by atoms with van der Waals surface area (Å²) in [6.45, 7) is 2.22. The average molecular weight is 495 g/mol. The Morgan fingerprint density at radius 3 is 2.46 bits per heavy atom. The van der Waals surface area contributed by atoms with Crippen molar-refractivity contribution in [2.75, 3.05) is 19.9 Å². The maximum absolute atomic E-state index is 14.6. The number of rotatable bonds is 8. The molecule has 1 heterocycles. The lowest BCUT2D eigenvalue weighted by Crippen LogP contribution is -2.28. The second kappa shape index (κ2) is 10.7. The van der Waals surface area contributed by atoms with Crippen LogP contribution in [-0.4, -0.2) is 45.5 Å². The second-order valence-electron chi connectivity index (χ2n) is 7.96. The van der Waals surface area contributed by atoms with Gasteiger partial charge in [0, 0.05) is 19.3 Å². The zero-order chi connectivity index (χ0) is 24.9. The van der Waals surface area contributed by atoms with Crippen LogP contribution in [0.5, 0.6) is 5.75 Å². The monoisotopic (exact) mass is 494 g/mol. The Balaban J connectivity index is 1.55. The van der Waals surface area contributed by atoms with Gasteiger partial charge in [0.15, 0.2) is 22.5 Å². The minimum atomic E-state index is -0.480. The van der Waals surface area contributed by atoms with E-state index >= 15 is 0 Å². The molecule has 0 aliphatic rings. The van der Waals surface area contributed by atoms with E-state index in [1.54, 1.807) is 35.9 Å². The fourth-order valence-electron chi connectivity index (χ4n) is 3.51. The van der Waals surface area contributed by atoms with Crippen molar-refractivity contribution in [1.29, 1.82) is 0 Å². The van der Waals surface area contributed by atoms with Crippen molar-refractivity contribution in [1.82, 2.24) is 19.7 Å². The highest BCUT2D eigenvalue weighted by atomic mass is 32.2. The van der Waals surface area contributed by atoms with Gasteiger partial charge in [0.2, 0.25) is 5.91 Å². The van der Waals surface area contributed by atoms with Gasteiger partial charge in [0.1, 0.15) is 5.82 Å². The highest BCUT2D eigenvalue weighted by molar-refractivity contribution is 7.99. The summed E-state index contributed by atoms with van der Waals surface area (Å²) in [6, 6.07) is 18.7. The van der Waals surface area contributed by atoms with Crippen LogP contribution < -0.4 is 4.74 Å². The normalized spacial score (nSPS) is 10.9. The number of halogens is 2. The lowest BCUT2D eigenvalue weighted by Gasteiger charge is -2.17. The SMILES string of the molecule is COc1ccc(CN(C)C(=O)CSc2nnc(-c3ccccc3F)n2-c2ccc(C)cc2)cc1F. The van der Waals surface area contributed by atoms with E-state index in [1.807, 2.05) is 31.2 Å². The Morgan fingerprint density at radius 2 is 1.77 bits per heavy atom. The molecule has 180 valence electrons. The number of benzene rings is 3. The number of thioether (sulfide) groups is 1. The van der Waals surface area contributed by atoms with Gasteiger partial charge in [0.25, 0.3) is 0 Å². The summed E-state index contributed by atoms with van der Waals surface area (Å²) in [4.78, 5) is 14.3. The van der Waals surface area contributed by atoms with E-state index in [0.717, 1.165) is 11.3 Å². The van der Waals surface area contributed by atoms with E-state index in [9.17, 15) is 13.6 Å². The van der Waals surface area contributed by atoms with Crippen LogP contribution in [-0.2, 0) is 11.3 Å². The van der Waals surface area contributed by atoms with Crippen molar-refractivity contribution in [3.8, 4) is 22.8 Å². The Bertz CT molecular complexity index is 1340. The molecule has 1 amide bonds. The molecule has 0 radical (unpaired) electrons. The number of aromatic nitrogens is 3. The highest BCUT2D eigenvalue weighted by Gasteiger charge is 2.20. The predicted octanol–water partition coefficient (Wildman–Crippen LogP) is 5.28. The summed E-state index contributed by atoms with van der Waals surface area (Å²) in [5.41, 5.74) is 2.80. The average Bonchev–Trinajstić information content (AvgIpc) is 3.27. The zero-order valence-electron chi connectivity index (χ0n) is 19.5. The summed E-state index contributed by atoms with van der Waals surface area (Å²) in [7, 11) is 3.05. The largest absolute Gasteiger partial charge is 0.494 e. The molecule has 1 aromatic heterocycles. The van der Waals surface area contributed by atoms with Crippen molar-refractivity contribution >= 4 is 17.7 Å². The maximum Gasteiger partial charge on any atom is 0.233 e. The Kier molecular flexibility index (Phi) is 7.45. The van der Waals surface area contributed by atoms with Gasteiger partial charge in [-0.15, -0.1) is 10.2 Å². The van der Waals surface area contributed by atoms with Crippen LogP contribution in [0.4, 0.5) is 8.78 Å². The molecular formula is C26H24F2N4O2S. The minimum absolute atomic E-state index is 0.0798. The molecule has 3 aromatic carbocycles. The molecule has 6 nitrogen and oxygen atoms in total. The molecule has 0 saturated heterocycles. The van der Waals surface area contributed by atoms with Crippen molar-refractivity contribution < 1.29 is 18.3 Å². The Hall–Kier alpha value is -3.72. The molecule has 4 aromatic rings. The number of amides is 1. The van der Waals surface area contributed by atoms with E-state index in [0.29, 0.717) is 22.1 Å². The molecule has 35 heavy (non-hydrogen) atoms. The molecule has 0 bridgehead atoms. The molecule has 0 aliphatic carbocycles. The van der Waals surface area contributed by atoms with Crippen molar-refractivity contribution in [3.63, 3.8) is 0 Å². The van der Waals surface area contributed by atoms with Crippen LogP contribution in [0.3, 0.4) is 0 Å². The van der Waals surface area contributed by atoms with Crippen LogP contribution in [0.15, 0.2) is 71.9 Å². The summed E-state index contributed by atoms with van der Waals surface area (Å²) in [6.07, 6.45) is 0. The van der Waals surface area contributed by atoms with Crippen molar-refractivity contribution in [3.05, 3.63) is 89.5 Å². The first-order valence-electron chi connectivity index (χ1n) is 10.8. The lowest BCUT2D eigenvalue weighted by molar-refractivity contribution is -0.127. The molecule has 0 unspecified atom stereocenters. The number of hydrogen-bond donors (Lipinski definition) is 0. The van der Waals surface area contributed by atoms with Crippen LogP contribution in [0.1, 0.15) is 11.1 Å². The number of carbonyl (C=O) groups is 1. The fourth-order valence-corrected chi connectivity index (χ4v) is 4.41. The lowest BCUT2D eigenvalue weighted by atomic mass is 10.2. The van der Waals surface area contributed by atoms with Crippen LogP contribution >= 0.6 is 11.8 Å². The molecular weight excluding hydrogens is 470 g/mol. The maximum atomic E-state index is 14.6. The summed E-state index contributed by atoms with van der Waals surface area (Å²) in [5.74, 6) is -0.476. The first kappa shape index (κ1) is 24.4. The third-order valence-corrected chi connectivity index (χ3v) is 6.34. The minimum Gasteiger partial charge on any atom is -0.494 e. The van der Waals surface area contributed by atoms with E-state index in [4.69, 9.17) is 4.74 Å². The number of nitrogens with zero attached hydrogens (tertiary/aromatic N) is 4. The molecule has 0 N–H and O–H groups in total. The number of carbonyl (C=O) groups excluding carboxylic acids is 1. The third-order valence-electron chi connectivity index (χ3n) is 5.43. The second-order valence-corrected chi connectivity index (χ2v) is 8.91. The predicted molar refractivity (Wildman–Crippen MR) is 132 cm³/mol. The topological polar surface area (TPSA) is 60.2 Å². The molecule has 0 atom stereocenters. The van der Waals surface area contributed by atoms with Crippen molar-refractivity contribution in [2.45, 2.75) is 18.6 Å². The standard InChI is InChI=1S/C26H24F2N4O2S/c1-17-8-11-19(12-9-17)32-25(20-6-4-5-7-21(20)27)29-30-26(32)35-16-24(33)31(2)15-18-10-13-23(34-3)22(28)14-18/h4-14H,15-16H2,1-3H3. The molecule has 0 fully saturated rings. The molecule has 0 saturated carbocycles. The van der Waals surface area contributed by atoms with E-state index in [1.165, 1.54) is 42.0 Å². The van der Waals surface area contributed by atoms with Gasteiger partial charge in [-0.25, -0.2) is 8.78 Å². The van der Waals surface area contributed by atoms with Gasteiger partial charge >= 0.3 is 0 Å². The summed E-state index contributed by atoms with van der Waals surface area (Å²) < 4.78 is 35.2. The van der Waals surface area contributed by atoms with Crippen LogP contribution in [0.2, 0.25) is 0 Å². The van der Waals surface area contributed by atoms with E-state index < -0.39 is 11.6 Å². The molecule has 4 rings (SSSR count). The summed E-state index contributed by atoms with van der Waals surface area (Å²) in [5, 5.41) is 8.95. The Morgan fingerprint density at radius 1 is 1.03 bits per heavy atom. The molecule has 0 spiro atoms. The Labute approximate surface area is 206 Å². The van der Waals surface area contributed by atoms with E-state index in [2.05, 4.69) is 10.2 Å². The van der Waals surface area contributed by atoms with Gasteiger partial charge in [0.05, 0.1) is 18.4 Å². The van der Waals surface area contributed by atoms with Gasteiger partial charge in [-0.05, 0) is 48.9 Å². The number of methoxy groups -OCH3 is 1. The number of ether oxygens (including phenoxy) is 1. The molecule has 9 heteroatoms. The number of hydrogen-bond acceptors (Lipinski definition) is 5. The summed E-state index contributed by atoms with van der Waals surface area (Å²) >= 11 is 1.21. The quantitative estimate of drug-likeness (QED) is 0.312. The highest BCUT2D eigenvalue weighted by Crippen LogP contribution is 2.30. The van der Waals surface area contributed by atoms with Crippen molar-refractivity contribution in [2.24, 2.45) is 0 Å². The first-order valence-corrected chi connectivity index (χ1v) is 11.8. The third kappa shape index (κ3) is 5.51. The smallest absolute Gasteiger partial charge is 0.233 e. The van der Waals surface area contributed by atoms with Gasteiger partial charge < -0.3 is 9.64 Å². The van der Waals surface area contributed by atoms with Gasteiger partial charge in [-0.3, -0.25) is 9.36 Å². The van der Waals surface area contributed by atoms with E-state index in [-0.39, 0.29) is 24.0 Å². The van der Waals surface area contributed by atoms with Gasteiger partial charge in [-0.2, -0.15) is 0 Å². The molecule has 0 aliphatic heterocycles. The fraction of sp³-hybridized carbons (Fsp3) is 0.192. The van der Waals surface area contributed by atoms with Gasteiger partial charge in [-0.1, -0.05) is 47.7 Å². The van der Waals surface area contributed by atoms with Crippen LogP contribution in [0.25, 0.3) is 17.1 Å².